The first kappa shape index (κ1) is 18.2. The molecule has 0 saturated carbocycles. The highest BCUT2D eigenvalue weighted by Crippen LogP contribution is 2.25. The minimum atomic E-state index is -3.28. The fraction of sp³-hybridized carbons (Fsp3) is 0.250. The fourth-order valence-electron chi connectivity index (χ4n) is 2.85. The standard InChI is InChI=1S/C20H21NO4S/c1-15-8-9-17(12-16(15)2)21(18-10-11-26(23,24)14-18)20(22)13-25-19-6-4-3-5-7-19/h3-12,18H,13-14H2,1-2H3/t18-/m0/s1. The van der Waals surface area contributed by atoms with Crippen LogP contribution in [-0.2, 0) is 14.6 Å². The maximum absolute atomic E-state index is 12.9. The van der Waals surface area contributed by atoms with Crippen molar-refractivity contribution in [3.8, 4) is 5.75 Å². The molecule has 0 radical (unpaired) electrons. The molecule has 0 unspecified atom stereocenters. The smallest absolute Gasteiger partial charge is 0.265 e. The molecule has 0 bridgehead atoms. The van der Waals surface area contributed by atoms with Crippen LogP contribution in [0.3, 0.4) is 0 Å². The van der Waals surface area contributed by atoms with Crippen LogP contribution in [0.4, 0.5) is 5.69 Å². The predicted octanol–water partition coefficient (Wildman–Crippen LogP) is 3.03. The van der Waals surface area contributed by atoms with Crippen LogP contribution in [0.25, 0.3) is 0 Å². The number of carbonyl (C=O) groups is 1. The van der Waals surface area contributed by atoms with Crippen LogP contribution in [0.1, 0.15) is 11.1 Å². The fourth-order valence-corrected chi connectivity index (χ4v) is 4.12. The van der Waals surface area contributed by atoms with Gasteiger partial charge in [-0.3, -0.25) is 4.79 Å². The average molecular weight is 371 g/mol. The van der Waals surface area contributed by atoms with Gasteiger partial charge in [0, 0.05) is 11.1 Å². The van der Waals surface area contributed by atoms with Gasteiger partial charge in [0.1, 0.15) is 5.75 Å². The molecule has 0 N–H and O–H groups in total. The Balaban J connectivity index is 1.86. The number of sulfone groups is 1. The molecule has 0 saturated heterocycles. The average Bonchev–Trinajstić information content (AvgIpc) is 2.97. The molecular weight excluding hydrogens is 350 g/mol. The zero-order chi connectivity index (χ0) is 18.7. The van der Waals surface area contributed by atoms with Gasteiger partial charge < -0.3 is 9.64 Å². The number of para-hydroxylation sites is 1. The topological polar surface area (TPSA) is 63.7 Å². The number of nitrogens with zero attached hydrogens (tertiary/aromatic N) is 1. The van der Waals surface area contributed by atoms with Gasteiger partial charge in [-0.2, -0.15) is 0 Å². The summed E-state index contributed by atoms with van der Waals surface area (Å²) in [6.07, 6.45) is 1.56. The zero-order valence-electron chi connectivity index (χ0n) is 14.8. The summed E-state index contributed by atoms with van der Waals surface area (Å²) in [5.74, 6) is 0.191. The molecule has 1 amide bonds. The lowest BCUT2D eigenvalue weighted by atomic mass is 10.1. The first-order valence-corrected chi connectivity index (χ1v) is 10.1. The third kappa shape index (κ3) is 4.14. The molecule has 5 nitrogen and oxygen atoms in total. The summed E-state index contributed by atoms with van der Waals surface area (Å²) in [6.45, 7) is 3.79. The number of hydrogen-bond acceptors (Lipinski definition) is 4. The van der Waals surface area contributed by atoms with Crippen LogP contribution >= 0.6 is 0 Å². The highest BCUT2D eigenvalue weighted by molar-refractivity contribution is 7.94. The van der Waals surface area contributed by atoms with E-state index in [1.165, 1.54) is 10.3 Å². The highest BCUT2D eigenvalue weighted by atomic mass is 32.2. The quantitative estimate of drug-likeness (QED) is 0.810. The monoisotopic (exact) mass is 371 g/mol. The molecule has 1 heterocycles. The van der Waals surface area contributed by atoms with Crippen LogP contribution in [0.5, 0.6) is 5.75 Å². The normalized spacial score (nSPS) is 17.8. The maximum atomic E-state index is 12.9. The summed E-state index contributed by atoms with van der Waals surface area (Å²) in [7, 11) is -3.28. The Labute approximate surface area is 153 Å². The van der Waals surface area contributed by atoms with Gasteiger partial charge in [0.05, 0.1) is 11.8 Å². The SMILES string of the molecule is Cc1ccc(N(C(=O)COc2ccccc2)[C@H]2C=CS(=O)(=O)C2)cc1C. The minimum Gasteiger partial charge on any atom is -0.484 e. The van der Waals surface area contributed by atoms with Crippen LogP contribution in [0.2, 0.25) is 0 Å². The molecule has 26 heavy (non-hydrogen) atoms. The number of aryl methyl sites for hydroxylation is 2. The first-order valence-electron chi connectivity index (χ1n) is 8.34. The third-order valence-electron chi connectivity index (χ3n) is 4.39. The second-order valence-electron chi connectivity index (χ2n) is 6.36. The first-order chi connectivity index (χ1) is 12.4. The van der Waals surface area contributed by atoms with Crippen LogP contribution in [0.15, 0.2) is 60.0 Å². The minimum absolute atomic E-state index is 0.114. The van der Waals surface area contributed by atoms with Crippen molar-refractivity contribution < 1.29 is 17.9 Å². The van der Waals surface area contributed by atoms with Gasteiger partial charge in [-0.15, -0.1) is 0 Å². The number of ether oxygens (including phenoxy) is 1. The van der Waals surface area contributed by atoms with E-state index >= 15 is 0 Å². The lowest BCUT2D eigenvalue weighted by molar-refractivity contribution is -0.120. The summed E-state index contributed by atoms with van der Waals surface area (Å²) in [5.41, 5.74) is 2.81. The van der Waals surface area contributed by atoms with E-state index in [4.69, 9.17) is 4.74 Å². The van der Waals surface area contributed by atoms with Gasteiger partial charge in [0.15, 0.2) is 16.4 Å². The Bertz CT molecular complexity index is 936. The van der Waals surface area contributed by atoms with Crippen molar-refractivity contribution in [2.75, 3.05) is 17.3 Å². The number of benzene rings is 2. The molecule has 6 heteroatoms. The number of carbonyl (C=O) groups excluding carboxylic acids is 1. The van der Waals surface area contributed by atoms with Crippen LogP contribution < -0.4 is 9.64 Å². The van der Waals surface area contributed by atoms with Gasteiger partial charge in [-0.05, 0) is 55.3 Å². The molecule has 1 aliphatic heterocycles. The second kappa shape index (κ2) is 7.33. The predicted molar refractivity (Wildman–Crippen MR) is 102 cm³/mol. The Morgan fingerprint density at radius 3 is 2.46 bits per heavy atom. The van der Waals surface area contributed by atoms with Crippen molar-refractivity contribution in [1.29, 1.82) is 0 Å². The lowest BCUT2D eigenvalue weighted by Crippen LogP contribution is -2.43. The van der Waals surface area contributed by atoms with Gasteiger partial charge >= 0.3 is 0 Å². The molecule has 0 fully saturated rings. The summed E-state index contributed by atoms with van der Waals surface area (Å²) < 4.78 is 29.3. The molecule has 3 rings (SSSR count). The van der Waals surface area contributed by atoms with Gasteiger partial charge in [0.25, 0.3) is 5.91 Å². The van der Waals surface area contributed by atoms with E-state index in [-0.39, 0.29) is 18.3 Å². The molecule has 2 aromatic carbocycles. The van der Waals surface area contributed by atoms with Crippen LogP contribution in [0, 0.1) is 13.8 Å². The van der Waals surface area contributed by atoms with Crippen molar-refractivity contribution in [3.05, 3.63) is 71.1 Å². The third-order valence-corrected chi connectivity index (χ3v) is 5.76. The number of amides is 1. The molecule has 1 atom stereocenters. The Morgan fingerprint density at radius 2 is 1.85 bits per heavy atom. The highest BCUT2D eigenvalue weighted by Gasteiger charge is 2.31. The van der Waals surface area contributed by atoms with Gasteiger partial charge in [-0.25, -0.2) is 8.42 Å². The summed E-state index contributed by atoms with van der Waals surface area (Å²) in [5, 5.41) is 1.18. The zero-order valence-corrected chi connectivity index (χ0v) is 15.6. The summed E-state index contributed by atoms with van der Waals surface area (Å²) in [4.78, 5) is 14.4. The lowest BCUT2D eigenvalue weighted by Gasteiger charge is -2.28. The van der Waals surface area contributed by atoms with Crippen molar-refractivity contribution >= 4 is 21.4 Å². The number of rotatable bonds is 5. The van der Waals surface area contributed by atoms with E-state index in [1.54, 1.807) is 18.2 Å². The van der Waals surface area contributed by atoms with Crippen LogP contribution in [-0.4, -0.2) is 32.7 Å². The van der Waals surface area contributed by atoms with Gasteiger partial charge in [0.2, 0.25) is 0 Å². The maximum Gasteiger partial charge on any atom is 0.265 e. The van der Waals surface area contributed by atoms with Crippen molar-refractivity contribution in [1.82, 2.24) is 0 Å². The van der Waals surface area contributed by atoms with Crippen molar-refractivity contribution in [3.63, 3.8) is 0 Å². The van der Waals surface area contributed by atoms with E-state index in [0.29, 0.717) is 11.4 Å². The van der Waals surface area contributed by atoms with E-state index < -0.39 is 15.9 Å². The Kier molecular flexibility index (Phi) is 5.13. The van der Waals surface area contributed by atoms with E-state index in [1.807, 2.05) is 50.2 Å². The molecule has 0 aromatic heterocycles. The Morgan fingerprint density at radius 1 is 1.12 bits per heavy atom. The molecule has 1 aliphatic rings. The molecular formula is C20H21NO4S. The largest absolute Gasteiger partial charge is 0.484 e. The van der Waals surface area contributed by atoms with Gasteiger partial charge in [-0.1, -0.05) is 24.3 Å². The molecule has 2 aromatic rings. The van der Waals surface area contributed by atoms with E-state index in [2.05, 4.69) is 0 Å². The summed E-state index contributed by atoms with van der Waals surface area (Å²) in [6, 6.07) is 14.2. The summed E-state index contributed by atoms with van der Waals surface area (Å²) >= 11 is 0. The molecule has 136 valence electrons. The van der Waals surface area contributed by atoms with E-state index in [0.717, 1.165) is 11.1 Å². The van der Waals surface area contributed by atoms with E-state index in [9.17, 15) is 13.2 Å². The number of anilines is 1. The van der Waals surface area contributed by atoms with Crippen molar-refractivity contribution in [2.24, 2.45) is 0 Å². The molecule has 0 spiro atoms. The number of hydrogen-bond donors (Lipinski definition) is 0. The second-order valence-corrected chi connectivity index (χ2v) is 8.29. The molecule has 0 aliphatic carbocycles. The van der Waals surface area contributed by atoms with Crippen molar-refractivity contribution in [2.45, 2.75) is 19.9 Å². The Hall–Kier alpha value is -2.60.